The van der Waals surface area contributed by atoms with E-state index in [1.165, 1.54) is 4.70 Å². The van der Waals surface area contributed by atoms with Gasteiger partial charge in [-0.1, -0.05) is 23.9 Å². The highest BCUT2D eigenvalue weighted by Crippen LogP contribution is 2.32. The van der Waals surface area contributed by atoms with E-state index in [1.807, 2.05) is 18.2 Å². The molecule has 0 spiro atoms. The summed E-state index contributed by atoms with van der Waals surface area (Å²) in [5, 5.41) is 0. The predicted molar refractivity (Wildman–Crippen MR) is 97.9 cm³/mol. The molecule has 7 heteroatoms. The van der Waals surface area contributed by atoms with Gasteiger partial charge in [0.15, 0.2) is 10.6 Å². The fourth-order valence-electron chi connectivity index (χ4n) is 3.16. The van der Waals surface area contributed by atoms with Crippen LogP contribution in [-0.4, -0.2) is 41.8 Å². The first-order valence-electron chi connectivity index (χ1n) is 8.71. The zero-order valence-electron chi connectivity index (χ0n) is 13.9. The number of ether oxygens (including phenoxy) is 3. The second-order valence-electron chi connectivity index (χ2n) is 6.36. The number of fused-ring (bicyclic) bond motifs is 1. The van der Waals surface area contributed by atoms with Crippen LogP contribution in [0.15, 0.2) is 28.6 Å². The van der Waals surface area contributed by atoms with Gasteiger partial charge >= 0.3 is 5.97 Å². The third kappa shape index (κ3) is 4.53. The summed E-state index contributed by atoms with van der Waals surface area (Å²) in [5.41, 5.74) is 1.02. The van der Waals surface area contributed by atoms with Crippen molar-refractivity contribution in [1.82, 2.24) is 4.98 Å². The number of nitrogens with zero attached hydrogens (tertiary/aromatic N) is 1. The van der Waals surface area contributed by atoms with E-state index in [1.54, 1.807) is 23.1 Å². The van der Waals surface area contributed by atoms with Gasteiger partial charge in [0.25, 0.3) is 0 Å². The number of thiazole rings is 1. The molecule has 1 aromatic heterocycles. The molecule has 5 nitrogen and oxygen atoms in total. The lowest BCUT2D eigenvalue weighted by molar-refractivity contribution is -0.207. The Labute approximate surface area is 155 Å². The van der Waals surface area contributed by atoms with Crippen LogP contribution in [0.25, 0.3) is 10.2 Å². The number of rotatable bonds is 5. The number of para-hydroxylation sites is 1. The Morgan fingerprint density at radius 2 is 2.24 bits per heavy atom. The first kappa shape index (κ1) is 17.3. The number of hydrogen-bond donors (Lipinski definition) is 0. The summed E-state index contributed by atoms with van der Waals surface area (Å²) >= 11 is 3.32. The van der Waals surface area contributed by atoms with Crippen LogP contribution in [0, 0.1) is 0 Å². The molecule has 25 heavy (non-hydrogen) atoms. The molecule has 2 aliphatic heterocycles. The van der Waals surface area contributed by atoms with Crippen molar-refractivity contribution in [3.63, 3.8) is 0 Å². The van der Waals surface area contributed by atoms with Gasteiger partial charge in [-0.3, -0.25) is 4.79 Å². The van der Waals surface area contributed by atoms with Gasteiger partial charge in [-0.2, -0.15) is 0 Å². The van der Waals surface area contributed by atoms with Crippen LogP contribution in [0.5, 0.6) is 0 Å². The molecule has 2 saturated heterocycles. The van der Waals surface area contributed by atoms with Crippen molar-refractivity contribution in [3.05, 3.63) is 24.3 Å². The fourth-order valence-corrected chi connectivity index (χ4v) is 5.26. The third-order valence-corrected chi connectivity index (χ3v) is 6.68. The van der Waals surface area contributed by atoms with Gasteiger partial charge in [-0.05, 0) is 31.4 Å². The lowest BCUT2D eigenvalue weighted by Crippen LogP contribution is -2.38. The molecular formula is C18H21NO4S2. The summed E-state index contributed by atoms with van der Waals surface area (Å²) in [6, 6.07) is 8.11. The van der Waals surface area contributed by atoms with Gasteiger partial charge in [0.1, 0.15) is 6.10 Å². The summed E-state index contributed by atoms with van der Waals surface area (Å²) in [6.07, 6.45) is 3.77. The molecule has 2 aliphatic rings. The highest BCUT2D eigenvalue weighted by atomic mass is 32.2. The Morgan fingerprint density at radius 1 is 1.32 bits per heavy atom. The summed E-state index contributed by atoms with van der Waals surface area (Å²) in [7, 11) is 0. The van der Waals surface area contributed by atoms with Crippen molar-refractivity contribution in [2.75, 3.05) is 12.4 Å². The Morgan fingerprint density at radius 3 is 3.08 bits per heavy atom. The van der Waals surface area contributed by atoms with Crippen molar-refractivity contribution in [1.29, 1.82) is 0 Å². The maximum atomic E-state index is 11.9. The lowest BCUT2D eigenvalue weighted by atomic mass is 10.1. The second-order valence-corrected chi connectivity index (χ2v) is 8.66. The summed E-state index contributed by atoms with van der Waals surface area (Å²) in [4.78, 5) is 16.5. The molecule has 2 aromatic rings. The summed E-state index contributed by atoms with van der Waals surface area (Å²) < 4.78 is 19.3. The van der Waals surface area contributed by atoms with E-state index in [0.717, 1.165) is 42.1 Å². The second kappa shape index (κ2) is 8.03. The molecule has 0 radical (unpaired) electrons. The number of aromatic nitrogens is 1. The minimum atomic E-state index is -0.179. The van der Waals surface area contributed by atoms with Crippen LogP contribution in [0.4, 0.5) is 0 Å². The van der Waals surface area contributed by atoms with E-state index in [-0.39, 0.29) is 24.5 Å². The van der Waals surface area contributed by atoms with Gasteiger partial charge in [0.2, 0.25) is 0 Å². The van der Waals surface area contributed by atoms with Crippen molar-refractivity contribution >= 4 is 39.3 Å². The van der Waals surface area contributed by atoms with Crippen molar-refractivity contribution in [2.24, 2.45) is 0 Å². The number of thioether (sulfide) groups is 1. The number of esters is 1. The summed E-state index contributed by atoms with van der Waals surface area (Å²) in [5.74, 6) is 0.527. The van der Waals surface area contributed by atoms with Crippen LogP contribution in [-0.2, 0) is 19.0 Å². The minimum Gasteiger partial charge on any atom is -0.461 e. The molecule has 0 amide bonds. The zero-order valence-corrected chi connectivity index (χ0v) is 15.5. The molecule has 0 aliphatic carbocycles. The highest BCUT2D eigenvalue weighted by molar-refractivity contribution is 8.01. The van der Waals surface area contributed by atoms with Gasteiger partial charge in [0.05, 0.1) is 22.7 Å². The lowest BCUT2D eigenvalue weighted by Gasteiger charge is -2.32. The average molecular weight is 380 g/mol. The quantitative estimate of drug-likeness (QED) is 0.578. The van der Waals surface area contributed by atoms with Crippen LogP contribution >= 0.6 is 23.1 Å². The van der Waals surface area contributed by atoms with Crippen LogP contribution < -0.4 is 0 Å². The molecule has 0 bridgehead atoms. The van der Waals surface area contributed by atoms with Crippen molar-refractivity contribution < 1.29 is 19.0 Å². The van der Waals surface area contributed by atoms with Crippen LogP contribution in [0.1, 0.15) is 32.1 Å². The zero-order chi connectivity index (χ0) is 17.1. The Balaban J connectivity index is 1.32. The third-order valence-electron chi connectivity index (χ3n) is 4.37. The number of carbonyl (C=O) groups excluding carboxylic acids is 1. The average Bonchev–Trinajstić information content (AvgIpc) is 3.03. The number of hydrogen-bond acceptors (Lipinski definition) is 7. The maximum Gasteiger partial charge on any atom is 0.308 e. The van der Waals surface area contributed by atoms with Gasteiger partial charge in [-0.15, -0.1) is 11.3 Å². The monoisotopic (exact) mass is 379 g/mol. The topological polar surface area (TPSA) is 57.7 Å². The first-order valence-corrected chi connectivity index (χ1v) is 10.5. The molecule has 2 fully saturated rings. The number of benzene rings is 1. The molecular weight excluding hydrogens is 358 g/mol. The molecule has 1 aromatic carbocycles. The van der Waals surface area contributed by atoms with E-state index in [9.17, 15) is 4.79 Å². The van der Waals surface area contributed by atoms with Crippen molar-refractivity contribution in [3.8, 4) is 0 Å². The standard InChI is InChI=1S/C18H21NO4S2/c20-16-10-12(23-17-7-3-4-8-21-17)9-13(22-16)11-24-18-19-14-5-1-2-6-15(14)25-18/h1-2,5-6,12-13,17H,3-4,7-11H2. The minimum absolute atomic E-state index is 0.106. The van der Waals surface area contributed by atoms with Gasteiger partial charge < -0.3 is 14.2 Å². The normalized spacial score (nSPS) is 27.4. The van der Waals surface area contributed by atoms with E-state index >= 15 is 0 Å². The van der Waals surface area contributed by atoms with E-state index in [2.05, 4.69) is 11.1 Å². The van der Waals surface area contributed by atoms with Crippen LogP contribution in [0.3, 0.4) is 0 Å². The number of cyclic esters (lactones) is 1. The predicted octanol–water partition coefficient (Wildman–Crippen LogP) is 4.01. The van der Waals surface area contributed by atoms with Gasteiger partial charge in [-0.25, -0.2) is 4.98 Å². The maximum absolute atomic E-state index is 11.9. The van der Waals surface area contributed by atoms with E-state index in [0.29, 0.717) is 12.2 Å². The molecule has 134 valence electrons. The van der Waals surface area contributed by atoms with E-state index < -0.39 is 0 Å². The van der Waals surface area contributed by atoms with Gasteiger partial charge in [0, 0.05) is 18.8 Å². The molecule has 3 heterocycles. The van der Waals surface area contributed by atoms with Crippen molar-refractivity contribution in [2.45, 2.75) is 54.9 Å². The Hall–Kier alpha value is -1.15. The molecule has 3 atom stereocenters. The molecule has 4 rings (SSSR count). The molecule has 3 unspecified atom stereocenters. The Kier molecular flexibility index (Phi) is 5.55. The molecule has 0 N–H and O–H groups in total. The first-order chi connectivity index (χ1) is 12.3. The smallest absolute Gasteiger partial charge is 0.308 e. The number of carbonyl (C=O) groups is 1. The highest BCUT2D eigenvalue weighted by Gasteiger charge is 2.32. The van der Waals surface area contributed by atoms with Crippen LogP contribution in [0.2, 0.25) is 0 Å². The molecule has 0 saturated carbocycles. The van der Waals surface area contributed by atoms with E-state index in [4.69, 9.17) is 14.2 Å². The SMILES string of the molecule is O=C1CC(OC2CCCCO2)CC(CSc2nc3ccccc3s2)O1. The summed E-state index contributed by atoms with van der Waals surface area (Å²) in [6.45, 7) is 0.749. The largest absolute Gasteiger partial charge is 0.461 e. The Bertz CT molecular complexity index is 696. The fraction of sp³-hybridized carbons (Fsp3) is 0.556.